The van der Waals surface area contributed by atoms with Gasteiger partial charge < -0.3 is 4.57 Å². The fourth-order valence-corrected chi connectivity index (χ4v) is 3.80. The van der Waals surface area contributed by atoms with Crippen LogP contribution in [-0.2, 0) is 6.54 Å². The van der Waals surface area contributed by atoms with Gasteiger partial charge in [-0.25, -0.2) is 10.1 Å². The fraction of sp³-hybridized carbons (Fsp3) is 0.350. The Bertz CT molecular complexity index is 1290. The van der Waals surface area contributed by atoms with Gasteiger partial charge in [0.25, 0.3) is 11.1 Å². The normalized spacial score (nSPS) is 11.5. The number of aromatic amines is 1. The Hall–Kier alpha value is -2.94. The van der Waals surface area contributed by atoms with Crippen LogP contribution in [0.25, 0.3) is 27.8 Å². The second kappa shape index (κ2) is 8.20. The van der Waals surface area contributed by atoms with Crippen LogP contribution in [0.4, 0.5) is 0 Å². The number of H-pyrrole nitrogens is 1. The Kier molecular flexibility index (Phi) is 5.48. The number of aromatic nitrogens is 6. The molecule has 0 saturated carbocycles. The molecule has 4 rings (SSSR count). The van der Waals surface area contributed by atoms with E-state index in [1.807, 2.05) is 13.0 Å². The molecule has 0 fully saturated rings. The summed E-state index contributed by atoms with van der Waals surface area (Å²) < 4.78 is 3.09. The fourth-order valence-electron chi connectivity index (χ4n) is 3.28. The first-order valence-corrected chi connectivity index (χ1v) is 10.7. The zero-order chi connectivity index (χ0) is 20.4. The van der Waals surface area contributed by atoms with E-state index in [1.165, 1.54) is 16.3 Å². The molecule has 0 radical (unpaired) electrons. The van der Waals surface area contributed by atoms with E-state index in [0.29, 0.717) is 39.5 Å². The molecule has 0 amide bonds. The van der Waals surface area contributed by atoms with E-state index in [0.717, 1.165) is 25.0 Å². The third kappa shape index (κ3) is 3.69. The average molecular weight is 411 g/mol. The number of hydrogen-bond acceptors (Lipinski definition) is 6. The molecule has 4 aromatic heterocycles. The van der Waals surface area contributed by atoms with Crippen molar-refractivity contribution >= 4 is 33.6 Å². The van der Waals surface area contributed by atoms with Crippen LogP contribution in [0, 0.1) is 0 Å². The number of nitrogens with one attached hydrogen (secondary N) is 1. The van der Waals surface area contributed by atoms with Crippen LogP contribution in [0.15, 0.2) is 45.3 Å². The van der Waals surface area contributed by atoms with Gasteiger partial charge in [-0.1, -0.05) is 38.5 Å². The minimum Gasteiger partial charge on any atom is -0.315 e. The van der Waals surface area contributed by atoms with Gasteiger partial charge >= 0.3 is 0 Å². The smallest absolute Gasteiger partial charge is 0.266 e. The van der Waals surface area contributed by atoms with E-state index in [4.69, 9.17) is 0 Å². The second-order valence-electron chi connectivity index (χ2n) is 6.74. The minimum absolute atomic E-state index is 0.121. The summed E-state index contributed by atoms with van der Waals surface area (Å²) in [6.07, 6.45) is 6.51. The first kappa shape index (κ1) is 19.4. The molecule has 0 aromatic carbocycles. The van der Waals surface area contributed by atoms with Crippen LogP contribution in [0.5, 0.6) is 0 Å². The molecule has 0 unspecified atom stereocenters. The second-order valence-corrected chi connectivity index (χ2v) is 7.97. The standard InChI is InChI=1S/C20H22N6O2S/c1-3-5-6-9-25-10-7-15-13(17(25)27)12-14-16(21-15)8-11-26(18(14)28)19-22-20(24-23-19)29-4-2/h7-8,10-12H,3-6,9H2,1-2H3,(H,22,23,24). The van der Waals surface area contributed by atoms with Crippen LogP contribution < -0.4 is 11.1 Å². The average Bonchev–Trinajstić information content (AvgIpc) is 3.18. The van der Waals surface area contributed by atoms with Gasteiger partial charge in [-0.05, 0) is 30.4 Å². The predicted octanol–water partition coefficient (Wildman–Crippen LogP) is 3.12. The molecule has 29 heavy (non-hydrogen) atoms. The highest BCUT2D eigenvalue weighted by Gasteiger charge is 2.13. The van der Waals surface area contributed by atoms with Crippen molar-refractivity contribution < 1.29 is 0 Å². The van der Waals surface area contributed by atoms with Gasteiger partial charge in [0, 0.05) is 18.9 Å². The van der Waals surface area contributed by atoms with E-state index in [9.17, 15) is 9.59 Å². The van der Waals surface area contributed by atoms with Gasteiger partial charge in [0.1, 0.15) is 0 Å². The lowest BCUT2D eigenvalue weighted by Gasteiger charge is -2.08. The molecular weight excluding hydrogens is 388 g/mol. The Morgan fingerprint density at radius 3 is 2.52 bits per heavy atom. The zero-order valence-electron chi connectivity index (χ0n) is 16.4. The Morgan fingerprint density at radius 1 is 1.00 bits per heavy atom. The highest BCUT2D eigenvalue weighted by atomic mass is 32.2. The molecule has 0 bridgehead atoms. The highest BCUT2D eigenvalue weighted by molar-refractivity contribution is 7.99. The number of fused-ring (bicyclic) bond motifs is 2. The van der Waals surface area contributed by atoms with Crippen molar-refractivity contribution in [2.24, 2.45) is 0 Å². The molecule has 4 heterocycles. The third-order valence-corrected chi connectivity index (χ3v) is 5.50. The molecule has 0 spiro atoms. The van der Waals surface area contributed by atoms with Gasteiger partial charge in [0.15, 0.2) is 0 Å². The monoisotopic (exact) mass is 410 g/mol. The largest absolute Gasteiger partial charge is 0.315 e. The van der Waals surface area contributed by atoms with Gasteiger partial charge in [0.2, 0.25) is 11.1 Å². The lowest BCUT2D eigenvalue weighted by Crippen LogP contribution is -2.22. The number of thioether (sulfide) groups is 1. The molecule has 150 valence electrons. The van der Waals surface area contributed by atoms with Crippen molar-refractivity contribution in [1.29, 1.82) is 0 Å². The van der Waals surface area contributed by atoms with Gasteiger partial charge in [0.05, 0.1) is 21.8 Å². The van der Waals surface area contributed by atoms with Crippen LogP contribution >= 0.6 is 11.8 Å². The summed E-state index contributed by atoms with van der Waals surface area (Å²) in [6, 6.07) is 5.23. The highest BCUT2D eigenvalue weighted by Crippen LogP contribution is 2.16. The molecule has 0 aliphatic heterocycles. The van der Waals surface area contributed by atoms with Crippen LogP contribution in [0.1, 0.15) is 33.1 Å². The first-order valence-electron chi connectivity index (χ1n) is 9.73. The predicted molar refractivity (Wildman–Crippen MR) is 115 cm³/mol. The summed E-state index contributed by atoms with van der Waals surface area (Å²) in [5.41, 5.74) is 0.725. The van der Waals surface area contributed by atoms with Gasteiger partial charge in [-0.15, -0.1) is 5.10 Å². The summed E-state index contributed by atoms with van der Waals surface area (Å²) >= 11 is 1.49. The summed E-state index contributed by atoms with van der Waals surface area (Å²) in [6.45, 7) is 4.80. The molecule has 8 nitrogen and oxygen atoms in total. The summed E-state index contributed by atoms with van der Waals surface area (Å²) in [4.78, 5) is 34.8. The maximum atomic E-state index is 13.1. The van der Waals surface area contributed by atoms with Gasteiger partial charge in [-0.2, -0.15) is 4.98 Å². The number of aryl methyl sites for hydroxylation is 1. The zero-order valence-corrected chi connectivity index (χ0v) is 17.2. The lowest BCUT2D eigenvalue weighted by atomic mass is 10.2. The van der Waals surface area contributed by atoms with E-state index in [2.05, 4.69) is 27.1 Å². The van der Waals surface area contributed by atoms with E-state index in [-0.39, 0.29) is 11.1 Å². The molecule has 0 saturated heterocycles. The molecule has 4 aromatic rings. The van der Waals surface area contributed by atoms with Crippen molar-refractivity contribution in [1.82, 2.24) is 29.3 Å². The van der Waals surface area contributed by atoms with Crippen molar-refractivity contribution in [3.8, 4) is 5.95 Å². The Balaban J connectivity index is 1.83. The molecule has 0 aliphatic rings. The molecule has 1 N–H and O–H groups in total. The number of pyridine rings is 3. The van der Waals surface area contributed by atoms with Crippen LogP contribution in [0.2, 0.25) is 0 Å². The molecular formula is C20H22N6O2S. The van der Waals surface area contributed by atoms with Crippen LogP contribution in [0.3, 0.4) is 0 Å². The first-order chi connectivity index (χ1) is 14.1. The quantitative estimate of drug-likeness (QED) is 0.286. The topological polar surface area (TPSA) is 98.5 Å². The Morgan fingerprint density at radius 2 is 1.76 bits per heavy atom. The van der Waals surface area contributed by atoms with E-state index >= 15 is 0 Å². The summed E-state index contributed by atoms with van der Waals surface area (Å²) in [7, 11) is 0. The lowest BCUT2D eigenvalue weighted by molar-refractivity contribution is 0.590. The van der Waals surface area contributed by atoms with E-state index < -0.39 is 0 Å². The maximum absolute atomic E-state index is 13.1. The Labute approximate surface area is 171 Å². The maximum Gasteiger partial charge on any atom is 0.266 e. The number of rotatable bonds is 7. The number of hydrogen-bond donors (Lipinski definition) is 1. The van der Waals surface area contributed by atoms with E-state index in [1.54, 1.807) is 29.1 Å². The van der Waals surface area contributed by atoms with Crippen molar-refractivity contribution in [3.05, 3.63) is 51.3 Å². The van der Waals surface area contributed by atoms with Crippen molar-refractivity contribution in [3.63, 3.8) is 0 Å². The molecule has 0 aliphatic carbocycles. The summed E-state index contributed by atoms with van der Waals surface area (Å²) in [5.74, 6) is 1.18. The SMILES string of the molecule is CCCCCn1ccc2nc3ccn(-c4nc(SCC)n[nH]4)c(=O)c3cc2c1=O. The number of nitrogens with zero attached hydrogens (tertiary/aromatic N) is 5. The minimum atomic E-state index is -0.290. The number of unbranched alkanes of at least 4 members (excludes halogenated alkanes) is 2. The van der Waals surface area contributed by atoms with Crippen molar-refractivity contribution in [2.45, 2.75) is 44.8 Å². The third-order valence-electron chi connectivity index (χ3n) is 4.77. The van der Waals surface area contributed by atoms with Gasteiger partial charge in [-0.3, -0.25) is 14.2 Å². The molecule has 0 atom stereocenters. The molecule has 9 heteroatoms. The summed E-state index contributed by atoms with van der Waals surface area (Å²) in [5, 5.41) is 8.32. The van der Waals surface area contributed by atoms with Crippen LogP contribution in [-0.4, -0.2) is 35.1 Å². The van der Waals surface area contributed by atoms with Crippen molar-refractivity contribution in [2.75, 3.05) is 5.75 Å².